The third kappa shape index (κ3) is 15.8. The van der Waals surface area contributed by atoms with Crippen molar-refractivity contribution in [2.24, 2.45) is 0 Å². The Labute approximate surface area is 109 Å². The molecule has 0 rings (SSSR count). The van der Waals surface area contributed by atoms with E-state index < -0.39 is 20.2 Å². The summed E-state index contributed by atoms with van der Waals surface area (Å²) in [6, 6.07) is 0. The first kappa shape index (κ1) is 17.8. The summed E-state index contributed by atoms with van der Waals surface area (Å²) in [5, 5.41) is 0. The van der Waals surface area contributed by atoms with Gasteiger partial charge in [-0.1, -0.05) is 38.5 Å². The Morgan fingerprint density at radius 3 is 0.944 bits per heavy atom. The predicted molar refractivity (Wildman–Crippen MR) is 69.8 cm³/mol. The summed E-state index contributed by atoms with van der Waals surface area (Å²) in [6.07, 6.45) is 6.25. The van der Waals surface area contributed by atoms with E-state index in [9.17, 15) is 16.8 Å². The lowest BCUT2D eigenvalue weighted by Crippen LogP contribution is -2.03. The second-order valence-electron chi connectivity index (χ2n) is 4.40. The van der Waals surface area contributed by atoms with E-state index in [1.165, 1.54) is 0 Å². The molecule has 0 saturated heterocycles. The number of unbranched alkanes of at least 4 members (excludes halogenated alkanes) is 7. The number of hydrogen-bond acceptors (Lipinski definition) is 4. The quantitative estimate of drug-likeness (QED) is 0.445. The first-order valence-corrected chi connectivity index (χ1v) is 9.33. The molecular formula is C10H22O6S2. The summed E-state index contributed by atoms with van der Waals surface area (Å²) >= 11 is 0. The van der Waals surface area contributed by atoms with Crippen LogP contribution in [0.3, 0.4) is 0 Å². The lowest BCUT2D eigenvalue weighted by atomic mass is 10.1. The number of rotatable bonds is 11. The molecule has 0 aromatic rings. The largest absolute Gasteiger partial charge is 0.286 e. The summed E-state index contributed by atoms with van der Waals surface area (Å²) in [6.45, 7) is 0. The first-order valence-electron chi connectivity index (χ1n) is 6.11. The van der Waals surface area contributed by atoms with Crippen LogP contribution >= 0.6 is 0 Å². The van der Waals surface area contributed by atoms with Crippen molar-refractivity contribution in [3.8, 4) is 0 Å². The molecule has 0 spiro atoms. The molecule has 0 saturated carbocycles. The Bertz CT molecular complexity index is 358. The maximum atomic E-state index is 10.4. The van der Waals surface area contributed by atoms with Crippen LogP contribution in [0.5, 0.6) is 0 Å². The van der Waals surface area contributed by atoms with Crippen LogP contribution in [0, 0.1) is 0 Å². The Morgan fingerprint density at radius 2 is 0.722 bits per heavy atom. The van der Waals surface area contributed by atoms with Gasteiger partial charge in [-0.05, 0) is 12.8 Å². The van der Waals surface area contributed by atoms with Crippen molar-refractivity contribution in [1.82, 2.24) is 0 Å². The lowest BCUT2D eigenvalue weighted by Gasteiger charge is -2.01. The summed E-state index contributed by atoms with van der Waals surface area (Å²) in [5.41, 5.74) is 0. The fourth-order valence-electron chi connectivity index (χ4n) is 1.63. The highest BCUT2D eigenvalue weighted by atomic mass is 32.2. The van der Waals surface area contributed by atoms with E-state index in [0.717, 1.165) is 38.5 Å². The zero-order valence-electron chi connectivity index (χ0n) is 10.4. The van der Waals surface area contributed by atoms with Crippen molar-refractivity contribution >= 4 is 20.2 Å². The summed E-state index contributed by atoms with van der Waals surface area (Å²) in [4.78, 5) is 0. The van der Waals surface area contributed by atoms with Gasteiger partial charge in [-0.25, -0.2) is 0 Å². The maximum absolute atomic E-state index is 10.4. The van der Waals surface area contributed by atoms with Gasteiger partial charge in [-0.15, -0.1) is 0 Å². The van der Waals surface area contributed by atoms with E-state index >= 15 is 0 Å². The molecule has 110 valence electrons. The molecule has 2 N–H and O–H groups in total. The molecular weight excluding hydrogens is 280 g/mol. The van der Waals surface area contributed by atoms with Gasteiger partial charge >= 0.3 is 0 Å². The normalized spacial score (nSPS) is 12.8. The molecule has 0 aromatic heterocycles. The van der Waals surface area contributed by atoms with E-state index in [1.807, 2.05) is 0 Å². The van der Waals surface area contributed by atoms with Gasteiger partial charge in [0.2, 0.25) is 0 Å². The van der Waals surface area contributed by atoms with Crippen molar-refractivity contribution in [2.75, 3.05) is 11.5 Å². The maximum Gasteiger partial charge on any atom is 0.264 e. The first-order chi connectivity index (χ1) is 8.21. The molecule has 0 bridgehead atoms. The van der Waals surface area contributed by atoms with Gasteiger partial charge in [-0.3, -0.25) is 9.11 Å². The van der Waals surface area contributed by atoms with Crippen LogP contribution in [0.4, 0.5) is 0 Å². The van der Waals surface area contributed by atoms with Gasteiger partial charge in [0.15, 0.2) is 0 Å². The van der Waals surface area contributed by atoms with Crippen LogP contribution in [0.1, 0.15) is 51.4 Å². The van der Waals surface area contributed by atoms with Gasteiger partial charge in [0.1, 0.15) is 0 Å². The minimum atomic E-state index is -3.82. The molecule has 0 aromatic carbocycles. The molecule has 0 unspecified atom stereocenters. The van der Waals surface area contributed by atoms with Crippen LogP contribution in [0.15, 0.2) is 0 Å². The minimum Gasteiger partial charge on any atom is -0.286 e. The van der Waals surface area contributed by atoms with Crippen molar-refractivity contribution in [2.45, 2.75) is 51.4 Å². The Morgan fingerprint density at radius 1 is 0.500 bits per heavy atom. The molecule has 18 heavy (non-hydrogen) atoms. The van der Waals surface area contributed by atoms with Crippen LogP contribution in [-0.2, 0) is 20.2 Å². The van der Waals surface area contributed by atoms with Crippen LogP contribution in [-0.4, -0.2) is 37.4 Å². The molecule has 0 atom stereocenters. The van der Waals surface area contributed by atoms with Crippen molar-refractivity contribution in [3.63, 3.8) is 0 Å². The molecule has 0 aliphatic heterocycles. The van der Waals surface area contributed by atoms with Crippen molar-refractivity contribution in [3.05, 3.63) is 0 Å². The average Bonchev–Trinajstić information content (AvgIpc) is 2.17. The third-order valence-electron chi connectivity index (χ3n) is 2.55. The van der Waals surface area contributed by atoms with Crippen molar-refractivity contribution in [1.29, 1.82) is 0 Å². The minimum absolute atomic E-state index is 0.179. The van der Waals surface area contributed by atoms with Gasteiger partial charge in [-0.2, -0.15) is 16.8 Å². The molecule has 0 radical (unpaired) electrons. The Hall–Kier alpha value is -0.180. The second-order valence-corrected chi connectivity index (χ2v) is 7.54. The van der Waals surface area contributed by atoms with Crippen LogP contribution in [0.2, 0.25) is 0 Å². The standard InChI is InChI=1S/C10H22O6S2/c11-17(12,13)9-7-5-3-1-2-4-6-8-10-18(14,15)16/h1-10H2,(H,11,12,13)(H,14,15,16). The van der Waals surface area contributed by atoms with Gasteiger partial charge in [0, 0.05) is 0 Å². The zero-order valence-corrected chi connectivity index (χ0v) is 12.0. The van der Waals surface area contributed by atoms with E-state index in [0.29, 0.717) is 12.8 Å². The topological polar surface area (TPSA) is 109 Å². The summed E-state index contributed by atoms with van der Waals surface area (Å²) in [7, 11) is -7.65. The molecule has 8 heteroatoms. The molecule has 0 amide bonds. The summed E-state index contributed by atoms with van der Waals surface area (Å²) < 4.78 is 58.6. The van der Waals surface area contributed by atoms with Gasteiger partial charge in [0.25, 0.3) is 20.2 Å². The average molecular weight is 302 g/mol. The number of hydrogen-bond donors (Lipinski definition) is 2. The fourth-order valence-corrected chi connectivity index (χ4v) is 2.77. The highest BCUT2D eigenvalue weighted by Gasteiger charge is 2.04. The van der Waals surface area contributed by atoms with E-state index in [1.54, 1.807) is 0 Å². The van der Waals surface area contributed by atoms with Gasteiger partial charge in [0.05, 0.1) is 11.5 Å². The molecule has 0 fully saturated rings. The van der Waals surface area contributed by atoms with Crippen LogP contribution < -0.4 is 0 Å². The Kier molecular flexibility index (Phi) is 8.75. The lowest BCUT2D eigenvalue weighted by molar-refractivity contribution is 0.474. The van der Waals surface area contributed by atoms with Gasteiger partial charge < -0.3 is 0 Å². The smallest absolute Gasteiger partial charge is 0.264 e. The molecule has 0 heterocycles. The molecule has 0 aliphatic rings. The SMILES string of the molecule is O=S(=O)(O)CCCCCCCCCCS(=O)(=O)O. The zero-order chi connectivity index (χ0) is 14.1. The highest BCUT2D eigenvalue weighted by molar-refractivity contribution is 7.86. The molecule has 0 aliphatic carbocycles. The van der Waals surface area contributed by atoms with E-state index in [-0.39, 0.29) is 11.5 Å². The fraction of sp³-hybridized carbons (Fsp3) is 1.00. The monoisotopic (exact) mass is 302 g/mol. The van der Waals surface area contributed by atoms with Crippen LogP contribution in [0.25, 0.3) is 0 Å². The van der Waals surface area contributed by atoms with Crippen molar-refractivity contribution < 1.29 is 25.9 Å². The Balaban J connectivity index is 3.22. The highest BCUT2D eigenvalue weighted by Crippen LogP contribution is 2.09. The predicted octanol–water partition coefficient (Wildman–Crippen LogP) is 1.88. The second kappa shape index (κ2) is 8.84. The summed E-state index contributed by atoms with van der Waals surface area (Å²) in [5.74, 6) is -0.358. The van der Waals surface area contributed by atoms with E-state index in [2.05, 4.69) is 0 Å². The van der Waals surface area contributed by atoms with E-state index in [4.69, 9.17) is 9.11 Å². The third-order valence-corrected chi connectivity index (χ3v) is 4.16. The molecule has 6 nitrogen and oxygen atoms in total.